The molecule has 1 fully saturated rings. The zero-order valence-electron chi connectivity index (χ0n) is 13.4. The second-order valence-electron chi connectivity index (χ2n) is 5.83. The third-order valence-electron chi connectivity index (χ3n) is 4.43. The van der Waals surface area contributed by atoms with E-state index in [0.29, 0.717) is 6.54 Å². The number of nitrogens with two attached hydrogens (primary N) is 1. The molecule has 1 amide bonds. The predicted octanol–water partition coefficient (Wildman–Crippen LogP) is 3.13. The van der Waals surface area contributed by atoms with Gasteiger partial charge in [0.05, 0.1) is 13.2 Å². The molecule has 1 saturated heterocycles. The smallest absolute Gasteiger partial charge is 0.254 e. The maximum Gasteiger partial charge on any atom is 0.254 e. The van der Waals surface area contributed by atoms with Crippen molar-refractivity contribution in [2.24, 2.45) is 5.73 Å². The molecule has 0 radical (unpaired) electrons. The zero-order valence-corrected chi connectivity index (χ0v) is 13.4. The molecule has 1 aliphatic rings. The molecule has 4 nitrogen and oxygen atoms in total. The summed E-state index contributed by atoms with van der Waals surface area (Å²) in [5, 5.41) is 0. The van der Waals surface area contributed by atoms with Gasteiger partial charge >= 0.3 is 0 Å². The summed E-state index contributed by atoms with van der Waals surface area (Å²) in [6.07, 6.45) is 2.01. The normalized spacial score (nSPS) is 17.3. The van der Waals surface area contributed by atoms with Gasteiger partial charge < -0.3 is 15.4 Å². The molecular weight excluding hydrogens is 288 g/mol. The van der Waals surface area contributed by atoms with Crippen LogP contribution in [0.15, 0.2) is 48.5 Å². The minimum Gasteiger partial charge on any atom is -0.497 e. The van der Waals surface area contributed by atoms with Crippen LogP contribution >= 0.6 is 0 Å². The van der Waals surface area contributed by atoms with Gasteiger partial charge in [0.15, 0.2) is 0 Å². The predicted molar refractivity (Wildman–Crippen MR) is 90.3 cm³/mol. The van der Waals surface area contributed by atoms with Gasteiger partial charge in [-0.05, 0) is 48.2 Å². The maximum atomic E-state index is 12.8. The third kappa shape index (κ3) is 3.22. The number of amides is 1. The first-order chi connectivity index (χ1) is 11.2. The van der Waals surface area contributed by atoms with Crippen molar-refractivity contribution < 1.29 is 9.53 Å². The Hall–Kier alpha value is -2.33. The molecule has 0 saturated carbocycles. The first-order valence-electron chi connectivity index (χ1n) is 7.97. The first kappa shape index (κ1) is 15.6. The largest absolute Gasteiger partial charge is 0.497 e. The van der Waals surface area contributed by atoms with Gasteiger partial charge in [-0.1, -0.05) is 24.3 Å². The van der Waals surface area contributed by atoms with Crippen LogP contribution in [0.25, 0.3) is 0 Å². The van der Waals surface area contributed by atoms with Gasteiger partial charge in [0, 0.05) is 18.7 Å². The number of likely N-dealkylation sites (tertiary alicyclic amines) is 1. The lowest BCUT2D eigenvalue weighted by Gasteiger charge is -2.25. The molecule has 2 aromatic rings. The van der Waals surface area contributed by atoms with E-state index in [1.165, 1.54) is 0 Å². The summed E-state index contributed by atoms with van der Waals surface area (Å²) >= 11 is 0. The number of hydrogen-bond donors (Lipinski definition) is 1. The summed E-state index contributed by atoms with van der Waals surface area (Å²) in [5.41, 5.74) is 8.50. The number of ether oxygens (including phenoxy) is 1. The molecule has 2 aromatic carbocycles. The summed E-state index contributed by atoms with van der Waals surface area (Å²) in [5.74, 6) is 0.910. The third-order valence-corrected chi connectivity index (χ3v) is 4.43. The molecule has 0 aliphatic carbocycles. The monoisotopic (exact) mass is 310 g/mol. The fourth-order valence-corrected chi connectivity index (χ4v) is 3.15. The zero-order chi connectivity index (χ0) is 16.2. The van der Waals surface area contributed by atoms with Crippen molar-refractivity contribution in [3.63, 3.8) is 0 Å². The Morgan fingerprint density at radius 3 is 2.74 bits per heavy atom. The Kier molecular flexibility index (Phi) is 4.63. The summed E-state index contributed by atoms with van der Waals surface area (Å²) in [7, 11) is 1.66. The highest BCUT2D eigenvalue weighted by Crippen LogP contribution is 2.34. The molecule has 1 atom stereocenters. The van der Waals surface area contributed by atoms with Gasteiger partial charge in [0.1, 0.15) is 5.75 Å². The van der Waals surface area contributed by atoms with E-state index in [-0.39, 0.29) is 11.9 Å². The van der Waals surface area contributed by atoms with E-state index in [2.05, 4.69) is 6.07 Å². The molecule has 0 bridgehead atoms. The van der Waals surface area contributed by atoms with Crippen LogP contribution in [0.5, 0.6) is 5.75 Å². The van der Waals surface area contributed by atoms with Crippen LogP contribution in [0.2, 0.25) is 0 Å². The van der Waals surface area contributed by atoms with Crippen molar-refractivity contribution in [1.82, 2.24) is 4.90 Å². The van der Waals surface area contributed by atoms with Crippen LogP contribution in [0.3, 0.4) is 0 Å². The number of rotatable bonds is 4. The molecule has 120 valence electrons. The Bertz CT molecular complexity index is 682. The van der Waals surface area contributed by atoms with E-state index in [1.54, 1.807) is 7.11 Å². The fourth-order valence-electron chi connectivity index (χ4n) is 3.15. The average molecular weight is 310 g/mol. The van der Waals surface area contributed by atoms with Crippen LogP contribution in [0, 0.1) is 0 Å². The summed E-state index contributed by atoms with van der Waals surface area (Å²) < 4.78 is 5.31. The van der Waals surface area contributed by atoms with Crippen LogP contribution in [-0.2, 0) is 6.54 Å². The van der Waals surface area contributed by atoms with Gasteiger partial charge in [0.2, 0.25) is 0 Å². The van der Waals surface area contributed by atoms with Crippen LogP contribution in [-0.4, -0.2) is 24.5 Å². The molecular formula is C19H22N2O2. The molecule has 4 heteroatoms. The Morgan fingerprint density at radius 1 is 1.26 bits per heavy atom. The van der Waals surface area contributed by atoms with Crippen molar-refractivity contribution in [2.75, 3.05) is 13.7 Å². The highest BCUT2D eigenvalue weighted by molar-refractivity contribution is 5.94. The quantitative estimate of drug-likeness (QED) is 0.944. The molecule has 23 heavy (non-hydrogen) atoms. The lowest BCUT2D eigenvalue weighted by Crippen LogP contribution is -2.30. The standard InChI is InChI=1S/C19H22N2O2/c1-23-17-5-2-4-16(12-17)18-6-3-11-21(18)19(22)15-9-7-14(13-20)8-10-15/h2,4-5,7-10,12,18H,3,6,11,13,20H2,1H3. The number of carbonyl (C=O) groups is 1. The van der Waals surface area contributed by atoms with Crippen molar-refractivity contribution in [1.29, 1.82) is 0 Å². The van der Waals surface area contributed by atoms with Gasteiger partial charge in [-0.2, -0.15) is 0 Å². The number of methoxy groups -OCH3 is 1. The van der Waals surface area contributed by atoms with E-state index >= 15 is 0 Å². The molecule has 0 spiro atoms. The molecule has 1 heterocycles. The first-order valence-corrected chi connectivity index (χ1v) is 7.97. The number of nitrogens with zero attached hydrogens (tertiary/aromatic N) is 1. The molecule has 0 aromatic heterocycles. The van der Waals surface area contributed by atoms with Crippen LogP contribution < -0.4 is 10.5 Å². The second-order valence-corrected chi connectivity index (χ2v) is 5.83. The Balaban J connectivity index is 1.83. The summed E-state index contributed by atoms with van der Waals surface area (Å²) in [6.45, 7) is 1.28. The minimum absolute atomic E-state index is 0.0823. The Labute approximate surface area is 136 Å². The molecule has 2 N–H and O–H groups in total. The Morgan fingerprint density at radius 2 is 2.04 bits per heavy atom. The molecule has 1 unspecified atom stereocenters. The van der Waals surface area contributed by atoms with Gasteiger partial charge in [-0.25, -0.2) is 0 Å². The topological polar surface area (TPSA) is 55.6 Å². The van der Waals surface area contributed by atoms with Crippen molar-refractivity contribution in [3.05, 3.63) is 65.2 Å². The highest BCUT2D eigenvalue weighted by atomic mass is 16.5. The summed E-state index contributed by atoms with van der Waals surface area (Å²) in [6, 6.07) is 15.7. The SMILES string of the molecule is COc1cccc(C2CCCN2C(=O)c2ccc(CN)cc2)c1. The van der Waals surface area contributed by atoms with Crippen molar-refractivity contribution in [2.45, 2.75) is 25.4 Å². The van der Waals surface area contributed by atoms with Gasteiger partial charge in [-0.3, -0.25) is 4.79 Å². The van der Waals surface area contributed by atoms with E-state index in [9.17, 15) is 4.79 Å². The van der Waals surface area contributed by atoms with Crippen LogP contribution in [0.4, 0.5) is 0 Å². The lowest BCUT2D eigenvalue weighted by molar-refractivity contribution is 0.0735. The van der Waals surface area contributed by atoms with Crippen LogP contribution in [0.1, 0.15) is 40.4 Å². The number of carbonyl (C=O) groups excluding carboxylic acids is 1. The fraction of sp³-hybridized carbons (Fsp3) is 0.316. The summed E-state index contributed by atoms with van der Waals surface area (Å²) in [4.78, 5) is 14.8. The number of benzene rings is 2. The van der Waals surface area contributed by atoms with Gasteiger partial charge in [0.25, 0.3) is 5.91 Å². The van der Waals surface area contributed by atoms with E-state index in [4.69, 9.17) is 10.5 Å². The van der Waals surface area contributed by atoms with Crippen molar-refractivity contribution in [3.8, 4) is 5.75 Å². The highest BCUT2D eigenvalue weighted by Gasteiger charge is 2.30. The van der Waals surface area contributed by atoms with E-state index < -0.39 is 0 Å². The molecule has 3 rings (SSSR count). The second kappa shape index (κ2) is 6.84. The molecule has 1 aliphatic heterocycles. The number of hydrogen-bond acceptors (Lipinski definition) is 3. The van der Waals surface area contributed by atoms with Crippen molar-refractivity contribution >= 4 is 5.91 Å². The average Bonchev–Trinajstić information content (AvgIpc) is 3.11. The minimum atomic E-state index is 0.0823. The van der Waals surface area contributed by atoms with E-state index in [0.717, 1.165) is 41.8 Å². The van der Waals surface area contributed by atoms with Gasteiger partial charge in [-0.15, -0.1) is 0 Å². The maximum absolute atomic E-state index is 12.8. The van der Waals surface area contributed by atoms with E-state index in [1.807, 2.05) is 47.4 Å². The lowest BCUT2D eigenvalue weighted by atomic mass is 10.0.